The molecule has 0 aromatic carbocycles. The minimum Gasteiger partial charge on any atom is -0.505 e. The van der Waals surface area contributed by atoms with Gasteiger partial charge in [-0.2, -0.15) is 0 Å². The predicted molar refractivity (Wildman–Crippen MR) is 65.9 cm³/mol. The molecular weight excluding hydrogens is 279 g/mol. The van der Waals surface area contributed by atoms with E-state index in [0.29, 0.717) is 0 Å². The van der Waals surface area contributed by atoms with E-state index in [0.717, 1.165) is 6.20 Å². The van der Waals surface area contributed by atoms with Crippen LogP contribution in [0.4, 0.5) is 5.69 Å². The molecule has 0 atom stereocenters. The van der Waals surface area contributed by atoms with E-state index in [4.69, 9.17) is 23.2 Å². The molecule has 0 aliphatic heterocycles. The topological polar surface area (TPSA) is 88.0 Å². The molecule has 0 bridgehead atoms. The highest BCUT2D eigenvalue weighted by Gasteiger charge is 2.15. The molecule has 0 aliphatic rings. The van der Waals surface area contributed by atoms with Crippen LogP contribution in [0.15, 0.2) is 24.8 Å². The van der Waals surface area contributed by atoms with Gasteiger partial charge >= 0.3 is 0 Å². The van der Waals surface area contributed by atoms with Crippen LogP contribution in [-0.2, 0) is 0 Å². The van der Waals surface area contributed by atoms with Crippen LogP contribution < -0.4 is 5.32 Å². The van der Waals surface area contributed by atoms with E-state index in [1.807, 2.05) is 0 Å². The van der Waals surface area contributed by atoms with Gasteiger partial charge in [0.05, 0.1) is 11.8 Å². The van der Waals surface area contributed by atoms with Crippen molar-refractivity contribution in [1.82, 2.24) is 15.0 Å². The average molecular weight is 285 g/mol. The smallest absolute Gasteiger partial charge is 0.259 e. The number of hydrogen-bond acceptors (Lipinski definition) is 5. The number of halogens is 2. The van der Waals surface area contributed by atoms with Crippen LogP contribution in [0.5, 0.6) is 5.75 Å². The van der Waals surface area contributed by atoms with E-state index >= 15 is 0 Å². The van der Waals surface area contributed by atoms with Gasteiger partial charge in [0.1, 0.15) is 17.8 Å². The van der Waals surface area contributed by atoms with Gasteiger partial charge in [0.25, 0.3) is 5.91 Å². The Morgan fingerprint density at radius 2 is 1.94 bits per heavy atom. The summed E-state index contributed by atoms with van der Waals surface area (Å²) in [7, 11) is 0. The highest BCUT2D eigenvalue weighted by molar-refractivity contribution is 6.38. The lowest BCUT2D eigenvalue weighted by Crippen LogP contribution is -2.13. The number of carbonyl (C=O) groups excluding carboxylic acids is 1. The number of hydrogen-bond donors (Lipinski definition) is 2. The molecule has 2 aromatic rings. The van der Waals surface area contributed by atoms with Gasteiger partial charge in [-0.15, -0.1) is 0 Å². The Balaban J connectivity index is 2.30. The number of nitrogens with one attached hydrogen (secondary N) is 1. The van der Waals surface area contributed by atoms with Gasteiger partial charge in [0.15, 0.2) is 10.3 Å². The zero-order valence-electron chi connectivity index (χ0n) is 8.76. The summed E-state index contributed by atoms with van der Waals surface area (Å²) in [5, 5.41) is 11.9. The normalized spacial score (nSPS) is 10.1. The lowest BCUT2D eigenvalue weighted by molar-refractivity contribution is 0.102. The number of rotatable bonds is 2. The molecule has 2 heterocycles. The number of aromatic nitrogens is 3. The third-order valence-electron chi connectivity index (χ3n) is 2.04. The summed E-state index contributed by atoms with van der Waals surface area (Å²) in [6, 6.07) is 1.36. The highest BCUT2D eigenvalue weighted by Crippen LogP contribution is 2.27. The molecule has 0 fully saturated rings. The van der Waals surface area contributed by atoms with Crippen molar-refractivity contribution < 1.29 is 9.90 Å². The molecule has 92 valence electrons. The highest BCUT2D eigenvalue weighted by atomic mass is 35.5. The van der Waals surface area contributed by atoms with Gasteiger partial charge in [0, 0.05) is 6.20 Å². The molecule has 2 aromatic heterocycles. The summed E-state index contributed by atoms with van der Waals surface area (Å²) < 4.78 is 0. The Labute approximate surface area is 112 Å². The number of amides is 1. The van der Waals surface area contributed by atoms with Crippen LogP contribution in [0.1, 0.15) is 10.4 Å². The second-order valence-electron chi connectivity index (χ2n) is 3.18. The van der Waals surface area contributed by atoms with E-state index in [2.05, 4.69) is 20.3 Å². The van der Waals surface area contributed by atoms with Crippen molar-refractivity contribution in [2.45, 2.75) is 0 Å². The van der Waals surface area contributed by atoms with E-state index in [1.165, 1.54) is 18.6 Å². The molecule has 2 N–H and O–H groups in total. The minimum absolute atomic E-state index is 0.0110. The molecule has 0 aliphatic carbocycles. The van der Waals surface area contributed by atoms with Gasteiger partial charge in [-0.05, 0) is 6.07 Å². The zero-order chi connectivity index (χ0) is 13.1. The van der Waals surface area contributed by atoms with Crippen molar-refractivity contribution in [3.63, 3.8) is 0 Å². The summed E-state index contributed by atoms with van der Waals surface area (Å²) in [5.41, 5.74) is 0.128. The summed E-state index contributed by atoms with van der Waals surface area (Å²) in [5.74, 6) is -0.840. The van der Waals surface area contributed by atoms with Crippen molar-refractivity contribution in [3.8, 4) is 5.75 Å². The fraction of sp³-hybridized carbons (Fsp3) is 0. The van der Waals surface area contributed by atoms with Gasteiger partial charge in [0.2, 0.25) is 0 Å². The van der Waals surface area contributed by atoms with Crippen molar-refractivity contribution in [2.75, 3.05) is 5.32 Å². The number of pyridine rings is 1. The van der Waals surface area contributed by atoms with Crippen LogP contribution >= 0.6 is 23.2 Å². The van der Waals surface area contributed by atoms with Crippen LogP contribution in [0.2, 0.25) is 10.3 Å². The Bertz CT molecular complexity index is 586. The van der Waals surface area contributed by atoms with Crippen LogP contribution in [-0.4, -0.2) is 26.0 Å². The fourth-order valence-electron chi connectivity index (χ4n) is 1.21. The Hall–Kier alpha value is -1.92. The maximum Gasteiger partial charge on any atom is 0.259 e. The number of aromatic hydroxyl groups is 1. The molecule has 0 unspecified atom stereocenters. The molecule has 0 saturated carbocycles. The van der Waals surface area contributed by atoms with E-state index < -0.39 is 5.91 Å². The molecule has 0 spiro atoms. The maximum atomic E-state index is 11.9. The number of anilines is 1. The lowest BCUT2D eigenvalue weighted by atomic mass is 10.2. The van der Waals surface area contributed by atoms with E-state index in [9.17, 15) is 9.90 Å². The summed E-state index contributed by atoms with van der Waals surface area (Å²) in [6.45, 7) is 0. The Morgan fingerprint density at radius 1 is 1.28 bits per heavy atom. The minimum atomic E-state index is -0.589. The third-order valence-corrected chi connectivity index (χ3v) is 2.61. The second-order valence-corrected chi connectivity index (χ2v) is 3.89. The molecule has 0 saturated heterocycles. The van der Waals surface area contributed by atoms with Crippen LogP contribution in [0.25, 0.3) is 0 Å². The maximum absolute atomic E-state index is 11.9. The standard InChI is InChI=1S/C10H6Cl2N4O2/c11-8-7(9(12)15-4-14-8)16-10(18)5-1-2-13-3-6(5)17/h1-4,17H,(H,16,18). The lowest BCUT2D eigenvalue weighted by Gasteiger charge is -2.08. The molecule has 8 heteroatoms. The first-order valence-corrected chi connectivity index (χ1v) is 5.45. The average Bonchev–Trinajstić information content (AvgIpc) is 2.34. The van der Waals surface area contributed by atoms with Gasteiger partial charge in [-0.3, -0.25) is 9.78 Å². The van der Waals surface area contributed by atoms with Gasteiger partial charge < -0.3 is 10.4 Å². The summed E-state index contributed by atoms with van der Waals surface area (Å²) >= 11 is 11.6. The van der Waals surface area contributed by atoms with Gasteiger partial charge in [-0.1, -0.05) is 23.2 Å². The van der Waals surface area contributed by atoms with E-state index in [1.54, 1.807) is 0 Å². The number of carbonyl (C=O) groups is 1. The van der Waals surface area contributed by atoms with Crippen molar-refractivity contribution in [2.24, 2.45) is 0 Å². The molecule has 0 radical (unpaired) electrons. The molecule has 18 heavy (non-hydrogen) atoms. The third kappa shape index (κ3) is 2.49. The Kier molecular flexibility index (Phi) is 3.59. The summed E-state index contributed by atoms with van der Waals surface area (Å²) in [6.07, 6.45) is 3.70. The SMILES string of the molecule is O=C(Nc1c(Cl)ncnc1Cl)c1ccncc1O. The monoisotopic (exact) mass is 284 g/mol. The van der Waals surface area contributed by atoms with Crippen LogP contribution in [0, 0.1) is 0 Å². The molecular formula is C10H6Cl2N4O2. The second kappa shape index (κ2) is 5.16. The largest absolute Gasteiger partial charge is 0.505 e. The van der Waals surface area contributed by atoms with Crippen molar-refractivity contribution >= 4 is 34.8 Å². The summed E-state index contributed by atoms with van der Waals surface area (Å²) in [4.78, 5) is 22.9. The first-order chi connectivity index (χ1) is 8.59. The van der Waals surface area contributed by atoms with Crippen molar-refractivity contribution in [3.05, 3.63) is 40.7 Å². The quantitative estimate of drug-likeness (QED) is 0.825. The molecule has 2 rings (SSSR count). The number of nitrogens with zero attached hydrogens (tertiary/aromatic N) is 3. The zero-order valence-corrected chi connectivity index (χ0v) is 10.3. The molecule has 1 amide bonds. The first kappa shape index (κ1) is 12.5. The van der Waals surface area contributed by atoms with Gasteiger partial charge in [-0.25, -0.2) is 9.97 Å². The first-order valence-electron chi connectivity index (χ1n) is 4.70. The van der Waals surface area contributed by atoms with Crippen LogP contribution in [0.3, 0.4) is 0 Å². The fourth-order valence-corrected chi connectivity index (χ4v) is 1.62. The van der Waals surface area contributed by atoms with E-state index in [-0.39, 0.29) is 27.3 Å². The molecule has 6 nitrogen and oxygen atoms in total. The van der Waals surface area contributed by atoms with Crippen molar-refractivity contribution in [1.29, 1.82) is 0 Å². The Morgan fingerprint density at radius 3 is 2.56 bits per heavy atom. The predicted octanol–water partition coefficient (Wildman–Crippen LogP) is 2.14.